The number of amides is 3. The molecule has 0 aromatic heterocycles. The largest absolute Gasteiger partial charge is 0.334 e. The summed E-state index contributed by atoms with van der Waals surface area (Å²) < 4.78 is 13.4. The van der Waals surface area contributed by atoms with Crippen molar-refractivity contribution in [1.82, 2.24) is 15.5 Å². The van der Waals surface area contributed by atoms with Crippen molar-refractivity contribution in [3.05, 3.63) is 71.0 Å². The fourth-order valence-corrected chi connectivity index (χ4v) is 5.04. The van der Waals surface area contributed by atoms with E-state index in [1.807, 2.05) is 48.2 Å². The SMILES string of the molecule is CC1C(NC(=O)NC2C3Cc4cc(F)ccc4C32)CC(=O)N1Cc1ccccc1. The van der Waals surface area contributed by atoms with Gasteiger partial charge in [0, 0.05) is 24.9 Å². The zero-order chi connectivity index (χ0) is 20.1. The molecule has 1 saturated heterocycles. The van der Waals surface area contributed by atoms with Crippen molar-refractivity contribution in [2.45, 2.75) is 50.4 Å². The second-order valence-corrected chi connectivity index (χ2v) is 8.44. The Morgan fingerprint density at radius 2 is 1.93 bits per heavy atom. The highest BCUT2D eigenvalue weighted by Crippen LogP contribution is 2.56. The number of hydrogen-bond acceptors (Lipinski definition) is 2. The fourth-order valence-electron chi connectivity index (χ4n) is 5.04. The van der Waals surface area contributed by atoms with Crippen LogP contribution in [0.4, 0.5) is 9.18 Å². The maximum absolute atomic E-state index is 13.4. The van der Waals surface area contributed by atoms with Crippen LogP contribution in [0.15, 0.2) is 48.5 Å². The molecule has 29 heavy (non-hydrogen) atoms. The summed E-state index contributed by atoms with van der Waals surface area (Å²) >= 11 is 0. The Hall–Kier alpha value is -2.89. The van der Waals surface area contributed by atoms with Crippen LogP contribution in [0.5, 0.6) is 0 Å². The molecule has 5 atom stereocenters. The van der Waals surface area contributed by atoms with Gasteiger partial charge in [-0.3, -0.25) is 4.79 Å². The average Bonchev–Trinajstić information content (AvgIpc) is 3.09. The minimum absolute atomic E-state index is 0.0594. The van der Waals surface area contributed by atoms with Gasteiger partial charge in [0.2, 0.25) is 5.91 Å². The van der Waals surface area contributed by atoms with Crippen LogP contribution >= 0.6 is 0 Å². The van der Waals surface area contributed by atoms with Gasteiger partial charge in [0.1, 0.15) is 5.82 Å². The highest BCUT2D eigenvalue weighted by Gasteiger charge is 2.56. The molecule has 3 aliphatic rings. The zero-order valence-electron chi connectivity index (χ0n) is 16.3. The lowest BCUT2D eigenvalue weighted by molar-refractivity contribution is -0.129. The van der Waals surface area contributed by atoms with Crippen molar-refractivity contribution in [2.75, 3.05) is 0 Å². The van der Waals surface area contributed by atoms with Crippen LogP contribution in [0.1, 0.15) is 36.0 Å². The zero-order valence-corrected chi connectivity index (χ0v) is 16.3. The van der Waals surface area contributed by atoms with E-state index >= 15 is 0 Å². The molecule has 3 amide bonds. The normalized spacial score (nSPS) is 29.4. The molecule has 5 unspecified atom stereocenters. The van der Waals surface area contributed by atoms with E-state index in [1.54, 1.807) is 6.07 Å². The minimum Gasteiger partial charge on any atom is -0.334 e. The molecule has 1 saturated carbocycles. The van der Waals surface area contributed by atoms with E-state index in [2.05, 4.69) is 10.6 Å². The van der Waals surface area contributed by atoms with Crippen LogP contribution in [-0.4, -0.2) is 35.0 Å². The first-order chi connectivity index (χ1) is 14.0. The van der Waals surface area contributed by atoms with Gasteiger partial charge in [-0.25, -0.2) is 9.18 Å². The van der Waals surface area contributed by atoms with Gasteiger partial charge >= 0.3 is 6.03 Å². The van der Waals surface area contributed by atoms with E-state index in [1.165, 1.54) is 6.07 Å². The number of halogens is 1. The molecule has 1 heterocycles. The number of nitrogens with one attached hydrogen (secondary N) is 2. The topological polar surface area (TPSA) is 61.4 Å². The number of carbonyl (C=O) groups is 2. The third-order valence-corrected chi connectivity index (χ3v) is 6.69. The predicted octanol–water partition coefficient (Wildman–Crippen LogP) is 2.95. The Labute approximate surface area is 169 Å². The smallest absolute Gasteiger partial charge is 0.315 e. The van der Waals surface area contributed by atoms with Gasteiger partial charge in [-0.1, -0.05) is 36.4 Å². The summed E-state index contributed by atoms with van der Waals surface area (Å²) in [5.74, 6) is 0.501. The Balaban J connectivity index is 1.17. The molecule has 2 N–H and O–H groups in total. The molecular weight excluding hydrogens is 369 g/mol. The number of likely N-dealkylation sites (tertiary alicyclic amines) is 1. The van der Waals surface area contributed by atoms with Gasteiger partial charge in [0.15, 0.2) is 0 Å². The summed E-state index contributed by atoms with van der Waals surface area (Å²) in [6.45, 7) is 2.54. The van der Waals surface area contributed by atoms with E-state index < -0.39 is 0 Å². The maximum atomic E-state index is 13.4. The van der Waals surface area contributed by atoms with Gasteiger partial charge in [-0.15, -0.1) is 0 Å². The van der Waals surface area contributed by atoms with Crippen molar-refractivity contribution in [3.8, 4) is 0 Å². The lowest BCUT2D eigenvalue weighted by Gasteiger charge is -2.25. The molecule has 0 bridgehead atoms. The molecular formula is C23H24FN3O2. The van der Waals surface area contributed by atoms with Crippen LogP contribution in [0.25, 0.3) is 0 Å². The van der Waals surface area contributed by atoms with Gasteiger partial charge < -0.3 is 15.5 Å². The Morgan fingerprint density at radius 1 is 1.14 bits per heavy atom. The first-order valence-electron chi connectivity index (χ1n) is 10.2. The molecule has 2 aromatic rings. The average molecular weight is 393 g/mol. The Morgan fingerprint density at radius 3 is 2.72 bits per heavy atom. The van der Waals surface area contributed by atoms with Crippen LogP contribution < -0.4 is 10.6 Å². The van der Waals surface area contributed by atoms with E-state index in [9.17, 15) is 14.0 Å². The van der Waals surface area contributed by atoms with Gasteiger partial charge in [-0.05, 0) is 48.1 Å². The number of fused-ring (bicyclic) bond motifs is 3. The molecule has 150 valence electrons. The highest BCUT2D eigenvalue weighted by atomic mass is 19.1. The fraction of sp³-hybridized carbons (Fsp3) is 0.391. The first kappa shape index (κ1) is 18.2. The van der Waals surface area contributed by atoms with Crippen molar-refractivity contribution in [3.63, 3.8) is 0 Å². The molecule has 6 heteroatoms. The number of rotatable bonds is 4. The summed E-state index contributed by atoms with van der Waals surface area (Å²) in [7, 11) is 0. The van der Waals surface area contributed by atoms with Crippen molar-refractivity contribution >= 4 is 11.9 Å². The highest BCUT2D eigenvalue weighted by molar-refractivity contribution is 5.82. The van der Waals surface area contributed by atoms with Crippen LogP contribution in [0.2, 0.25) is 0 Å². The van der Waals surface area contributed by atoms with Gasteiger partial charge in [0.25, 0.3) is 0 Å². The molecule has 0 spiro atoms. The molecule has 2 fully saturated rings. The summed E-state index contributed by atoms with van der Waals surface area (Å²) in [4.78, 5) is 26.8. The lowest BCUT2D eigenvalue weighted by Crippen LogP contribution is -2.48. The molecule has 1 aliphatic heterocycles. The molecule has 2 aliphatic carbocycles. The van der Waals surface area contributed by atoms with Crippen molar-refractivity contribution in [2.24, 2.45) is 5.92 Å². The second kappa shape index (κ2) is 6.87. The minimum atomic E-state index is -0.223. The molecule has 0 radical (unpaired) electrons. The summed E-state index contributed by atoms with van der Waals surface area (Å²) in [5.41, 5.74) is 3.30. The summed E-state index contributed by atoms with van der Waals surface area (Å²) in [6, 6.07) is 14.4. The molecule has 5 nitrogen and oxygen atoms in total. The predicted molar refractivity (Wildman–Crippen MR) is 107 cm³/mol. The number of urea groups is 1. The second-order valence-electron chi connectivity index (χ2n) is 8.44. The first-order valence-corrected chi connectivity index (χ1v) is 10.2. The lowest BCUT2D eigenvalue weighted by atomic mass is 10.0. The van der Waals surface area contributed by atoms with Crippen LogP contribution in [0, 0.1) is 11.7 Å². The Bertz CT molecular complexity index is 964. The van der Waals surface area contributed by atoms with Gasteiger partial charge in [0.05, 0.1) is 12.1 Å². The van der Waals surface area contributed by atoms with Crippen molar-refractivity contribution < 1.29 is 14.0 Å². The molecule has 5 rings (SSSR count). The van der Waals surface area contributed by atoms with Crippen LogP contribution in [-0.2, 0) is 17.8 Å². The third-order valence-electron chi connectivity index (χ3n) is 6.69. The Kier molecular flexibility index (Phi) is 4.30. The molecule has 2 aromatic carbocycles. The van der Waals surface area contributed by atoms with E-state index in [0.717, 1.165) is 23.1 Å². The number of benzene rings is 2. The maximum Gasteiger partial charge on any atom is 0.315 e. The third kappa shape index (κ3) is 3.26. The number of nitrogens with zero attached hydrogens (tertiary/aromatic N) is 1. The van der Waals surface area contributed by atoms with Crippen molar-refractivity contribution in [1.29, 1.82) is 0 Å². The summed E-state index contributed by atoms with van der Waals surface area (Å²) in [5, 5.41) is 6.06. The summed E-state index contributed by atoms with van der Waals surface area (Å²) in [6.07, 6.45) is 1.13. The van der Waals surface area contributed by atoms with E-state index in [-0.39, 0.29) is 41.8 Å². The van der Waals surface area contributed by atoms with Gasteiger partial charge in [-0.2, -0.15) is 0 Å². The standard InChI is InChI=1S/C23H24FN3O2/c1-13-19(11-20(28)27(13)12-14-5-3-2-4-6-14)25-23(29)26-22-18-10-15-9-16(24)7-8-17(15)21(18)22/h2-9,13,18-19,21-22H,10-12H2,1H3,(H2,25,26,29). The van der Waals surface area contributed by atoms with E-state index in [4.69, 9.17) is 0 Å². The van der Waals surface area contributed by atoms with E-state index in [0.29, 0.717) is 18.9 Å². The number of carbonyl (C=O) groups excluding carboxylic acids is 2. The van der Waals surface area contributed by atoms with Crippen LogP contribution in [0.3, 0.4) is 0 Å². The quantitative estimate of drug-likeness (QED) is 0.839. The monoisotopic (exact) mass is 393 g/mol. The number of hydrogen-bond donors (Lipinski definition) is 2.